The standard InChI is InChI=1S/C19H24FN5O/c1-24(2)10-6-9-21-19-22-12-14-11-15(13-25(3)18(14)23-19)26-17-8-5-4-7-16(17)20/h4-5,7-8,11-12H,6,9-10,13H2,1-3H3,(H,21,22,23). The molecule has 0 amide bonds. The lowest BCUT2D eigenvalue weighted by molar-refractivity contribution is 0.391. The number of hydrogen-bond acceptors (Lipinski definition) is 6. The van der Waals surface area contributed by atoms with Crippen molar-refractivity contribution in [1.29, 1.82) is 0 Å². The Balaban J connectivity index is 1.70. The lowest BCUT2D eigenvalue weighted by Gasteiger charge is -2.26. The second-order valence-corrected chi connectivity index (χ2v) is 6.56. The van der Waals surface area contributed by atoms with E-state index in [9.17, 15) is 4.39 Å². The van der Waals surface area contributed by atoms with Crippen LogP contribution in [0.25, 0.3) is 6.08 Å². The summed E-state index contributed by atoms with van der Waals surface area (Å²) in [6, 6.07) is 6.38. The first-order valence-electron chi connectivity index (χ1n) is 8.62. The molecule has 0 atom stereocenters. The van der Waals surface area contributed by atoms with Crippen LogP contribution in [0.3, 0.4) is 0 Å². The van der Waals surface area contributed by atoms with Crippen LogP contribution in [-0.2, 0) is 0 Å². The van der Waals surface area contributed by atoms with Gasteiger partial charge in [-0.2, -0.15) is 4.98 Å². The lowest BCUT2D eigenvalue weighted by Crippen LogP contribution is -2.28. The van der Waals surface area contributed by atoms with Crippen LogP contribution >= 0.6 is 0 Å². The number of fused-ring (bicyclic) bond motifs is 1. The summed E-state index contributed by atoms with van der Waals surface area (Å²) in [6.07, 6.45) is 4.64. The van der Waals surface area contributed by atoms with Gasteiger partial charge in [-0.15, -0.1) is 0 Å². The molecule has 0 saturated carbocycles. The van der Waals surface area contributed by atoms with E-state index in [1.54, 1.807) is 24.4 Å². The molecule has 0 unspecified atom stereocenters. The van der Waals surface area contributed by atoms with Crippen molar-refractivity contribution in [2.75, 3.05) is 51.0 Å². The number of hydrogen-bond donors (Lipinski definition) is 1. The average Bonchev–Trinajstić information content (AvgIpc) is 2.61. The normalized spacial score (nSPS) is 13.4. The summed E-state index contributed by atoms with van der Waals surface area (Å²) < 4.78 is 19.5. The van der Waals surface area contributed by atoms with Crippen LogP contribution in [0.5, 0.6) is 5.75 Å². The Hall–Kier alpha value is -2.67. The number of benzene rings is 1. The molecule has 2 aromatic rings. The van der Waals surface area contributed by atoms with Crippen molar-refractivity contribution in [3.63, 3.8) is 0 Å². The first-order valence-corrected chi connectivity index (χ1v) is 8.62. The summed E-state index contributed by atoms with van der Waals surface area (Å²) in [5, 5.41) is 3.25. The fourth-order valence-corrected chi connectivity index (χ4v) is 2.73. The van der Waals surface area contributed by atoms with Crippen LogP contribution < -0.4 is 15.0 Å². The highest BCUT2D eigenvalue weighted by Gasteiger charge is 2.19. The Morgan fingerprint density at radius 2 is 2.12 bits per heavy atom. The zero-order valence-electron chi connectivity index (χ0n) is 15.4. The van der Waals surface area contributed by atoms with Crippen molar-refractivity contribution in [2.24, 2.45) is 0 Å². The minimum Gasteiger partial charge on any atom is -0.457 e. The van der Waals surface area contributed by atoms with E-state index in [1.807, 2.05) is 18.0 Å². The van der Waals surface area contributed by atoms with Crippen LogP contribution in [0, 0.1) is 5.82 Å². The van der Waals surface area contributed by atoms with E-state index >= 15 is 0 Å². The van der Waals surface area contributed by atoms with Crippen LogP contribution in [-0.4, -0.2) is 55.6 Å². The van der Waals surface area contributed by atoms with Gasteiger partial charge in [0.15, 0.2) is 11.6 Å². The number of aromatic nitrogens is 2. The van der Waals surface area contributed by atoms with Crippen LogP contribution in [0.2, 0.25) is 0 Å². The molecule has 1 aliphatic rings. The first kappa shape index (κ1) is 18.1. The fraction of sp³-hybridized carbons (Fsp3) is 0.368. The van der Waals surface area contributed by atoms with Gasteiger partial charge in [0.1, 0.15) is 11.6 Å². The minimum absolute atomic E-state index is 0.218. The molecule has 0 saturated heterocycles. The predicted molar refractivity (Wildman–Crippen MR) is 102 cm³/mol. The largest absolute Gasteiger partial charge is 0.457 e. The third-order valence-corrected chi connectivity index (χ3v) is 4.01. The summed E-state index contributed by atoms with van der Waals surface area (Å²) in [4.78, 5) is 13.1. The molecule has 3 rings (SSSR count). The number of anilines is 2. The maximum atomic E-state index is 13.8. The summed E-state index contributed by atoms with van der Waals surface area (Å²) in [5.74, 6) is 1.93. The number of likely N-dealkylation sites (N-methyl/N-ethyl adjacent to an activating group) is 1. The number of nitrogens with zero attached hydrogens (tertiary/aromatic N) is 4. The number of para-hydroxylation sites is 1. The molecule has 0 aliphatic carbocycles. The van der Waals surface area contributed by atoms with Gasteiger partial charge in [0.25, 0.3) is 0 Å². The summed E-state index contributed by atoms with van der Waals surface area (Å²) in [5.41, 5.74) is 0.851. The summed E-state index contributed by atoms with van der Waals surface area (Å²) >= 11 is 0. The molecule has 1 N–H and O–H groups in total. The van der Waals surface area contributed by atoms with E-state index in [-0.39, 0.29) is 11.6 Å². The highest BCUT2D eigenvalue weighted by atomic mass is 19.1. The smallest absolute Gasteiger partial charge is 0.224 e. The SMILES string of the molecule is CN(C)CCCNc1ncc2c(n1)N(C)CC(Oc1ccccc1F)=C2. The van der Waals surface area contributed by atoms with Gasteiger partial charge in [0, 0.05) is 25.4 Å². The first-order chi connectivity index (χ1) is 12.5. The molecule has 2 heterocycles. The van der Waals surface area contributed by atoms with Crippen molar-refractivity contribution in [3.05, 3.63) is 47.6 Å². The Bertz CT molecular complexity index is 793. The Kier molecular flexibility index (Phi) is 5.68. The predicted octanol–water partition coefficient (Wildman–Crippen LogP) is 2.85. The molecule has 1 aromatic carbocycles. The molecule has 0 fully saturated rings. The maximum Gasteiger partial charge on any atom is 0.224 e. The number of nitrogens with one attached hydrogen (secondary N) is 1. The van der Waals surface area contributed by atoms with Crippen molar-refractivity contribution < 1.29 is 9.13 Å². The van der Waals surface area contributed by atoms with Crippen molar-refractivity contribution in [1.82, 2.24) is 14.9 Å². The Morgan fingerprint density at radius 3 is 2.88 bits per heavy atom. The average molecular weight is 357 g/mol. The minimum atomic E-state index is -0.379. The van der Waals surface area contributed by atoms with Gasteiger partial charge < -0.3 is 19.9 Å². The fourth-order valence-electron chi connectivity index (χ4n) is 2.73. The molecule has 1 aliphatic heterocycles. The number of ether oxygens (including phenoxy) is 1. The zero-order valence-corrected chi connectivity index (χ0v) is 15.4. The maximum absolute atomic E-state index is 13.8. The number of halogens is 1. The molecule has 138 valence electrons. The van der Waals surface area contributed by atoms with E-state index in [1.165, 1.54) is 6.07 Å². The van der Waals surface area contributed by atoms with Crippen molar-refractivity contribution in [2.45, 2.75) is 6.42 Å². The van der Waals surface area contributed by atoms with Crippen LogP contribution in [0.4, 0.5) is 16.2 Å². The molecular formula is C19H24FN5O. The highest BCUT2D eigenvalue weighted by Crippen LogP contribution is 2.28. The van der Waals surface area contributed by atoms with E-state index in [0.29, 0.717) is 18.3 Å². The van der Waals surface area contributed by atoms with Gasteiger partial charge >= 0.3 is 0 Å². The number of rotatable bonds is 7. The van der Waals surface area contributed by atoms with Crippen molar-refractivity contribution >= 4 is 17.8 Å². The molecule has 0 spiro atoms. The van der Waals surface area contributed by atoms with E-state index in [0.717, 1.165) is 30.9 Å². The highest BCUT2D eigenvalue weighted by molar-refractivity contribution is 5.69. The second kappa shape index (κ2) is 8.14. The second-order valence-electron chi connectivity index (χ2n) is 6.56. The Labute approximate surface area is 153 Å². The van der Waals surface area contributed by atoms with E-state index in [2.05, 4.69) is 34.3 Å². The quantitative estimate of drug-likeness (QED) is 0.769. The molecular weight excluding hydrogens is 333 g/mol. The molecule has 1 aromatic heterocycles. The topological polar surface area (TPSA) is 53.5 Å². The van der Waals surface area contributed by atoms with Gasteiger partial charge in [-0.3, -0.25) is 0 Å². The molecule has 0 radical (unpaired) electrons. The monoisotopic (exact) mass is 357 g/mol. The third-order valence-electron chi connectivity index (χ3n) is 4.01. The van der Waals surface area contributed by atoms with Gasteiger partial charge in [0.2, 0.25) is 5.95 Å². The van der Waals surface area contributed by atoms with Gasteiger partial charge in [0.05, 0.1) is 6.54 Å². The Morgan fingerprint density at radius 1 is 1.31 bits per heavy atom. The van der Waals surface area contributed by atoms with E-state index in [4.69, 9.17) is 4.74 Å². The third kappa shape index (κ3) is 4.49. The van der Waals surface area contributed by atoms with Crippen molar-refractivity contribution in [3.8, 4) is 5.75 Å². The van der Waals surface area contributed by atoms with Gasteiger partial charge in [-0.25, -0.2) is 9.37 Å². The summed E-state index contributed by atoms with van der Waals surface area (Å²) in [7, 11) is 6.04. The van der Waals surface area contributed by atoms with Gasteiger partial charge in [-0.1, -0.05) is 12.1 Å². The van der Waals surface area contributed by atoms with Crippen LogP contribution in [0.1, 0.15) is 12.0 Å². The van der Waals surface area contributed by atoms with Gasteiger partial charge in [-0.05, 0) is 45.3 Å². The van der Waals surface area contributed by atoms with Crippen LogP contribution in [0.15, 0.2) is 36.2 Å². The lowest BCUT2D eigenvalue weighted by atomic mass is 10.2. The van der Waals surface area contributed by atoms with E-state index < -0.39 is 0 Å². The molecule has 6 nitrogen and oxygen atoms in total. The molecule has 26 heavy (non-hydrogen) atoms. The summed E-state index contributed by atoms with van der Waals surface area (Å²) in [6.45, 7) is 2.34. The molecule has 7 heteroatoms. The zero-order chi connectivity index (χ0) is 18.5. The molecule has 0 bridgehead atoms.